The van der Waals surface area contributed by atoms with Crippen molar-refractivity contribution in [2.45, 2.75) is 13.3 Å². The van der Waals surface area contributed by atoms with E-state index in [1.807, 2.05) is 19.1 Å². The molecule has 0 unspecified atom stereocenters. The van der Waals surface area contributed by atoms with Gasteiger partial charge in [-0.2, -0.15) is 5.10 Å². The molecule has 0 spiro atoms. The van der Waals surface area contributed by atoms with Crippen LogP contribution in [0.4, 0.5) is 0 Å². The molecular formula is C16H13BrCl2N2O. The summed E-state index contributed by atoms with van der Waals surface area (Å²) >= 11 is 15.3. The summed E-state index contributed by atoms with van der Waals surface area (Å²) in [6, 6.07) is 12.4. The average Bonchev–Trinajstić information content (AvgIpc) is 2.51. The maximum absolute atomic E-state index is 12.1. The van der Waals surface area contributed by atoms with E-state index in [2.05, 4.69) is 26.5 Å². The Morgan fingerprint density at radius 1 is 1.18 bits per heavy atom. The first kappa shape index (κ1) is 17.0. The summed E-state index contributed by atoms with van der Waals surface area (Å²) in [5, 5.41) is 5.14. The van der Waals surface area contributed by atoms with Gasteiger partial charge in [-0.25, -0.2) is 5.43 Å². The lowest BCUT2D eigenvalue weighted by atomic mass is 10.1. The van der Waals surface area contributed by atoms with Gasteiger partial charge < -0.3 is 0 Å². The number of carbonyl (C=O) groups is 1. The number of nitrogens with zero attached hydrogens (tertiary/aromatic N) is 1. The molecule has 1 N–H and O–H groups in total. The Hall–Kier alpha value is -1.36. The van der Waals surface area contributed by atoms with E-state index in [-0.39, 0.29) is 5.91 Å². The van der Waals surface area contributed by atoms with Gasteiger partial charge in [0.1, 0.15) is 0 Å². The lowest BCUT2D eigenvalue weighted by Crippen LogP contribution is -2.20. The molecule has 0 aliphatic heterocycles. The van der Waals surface area contributed by atoms with Crippen LogP contribution < -0.4 is 5.43 Å². The molecular weight excluding hydrogens is 387 g/mol. The quantitative estimate of drug-likeness (QED) is 0.550. The Labute approximate surface area is 147 Å². The van der Waals surface area contributed by atoms with Gasteiger partial charge in [-0.05, 0) is 52.2 Å². The minimum Gasteiger partial charge on any atom is -0.267 e. The number of hydrazone groups is 1. The first-order chi connectivity index (χ1) is 10.5. The van der Waals surface area contributed by atoms with Crippen LogP contribution in [0.1, 0.15) is 29.3 Å². The van der Waals surface area contributed by atoms with Crippen molar-refractivity contribution in [3.63, 3.8) is 0 Å². The highest BCUT2D eigenvalue weighted by atomic mass is 79.9. The summed E-state index contributed by atoms with van der Waals surface area (Å²) in [7, 11) is 0. The normalized spacial score (nSPS) is 11.4. The number of nitrogens with one attached hydrogen (secondary N) is 1. The first-order valence-corrected chi connectivity index (χ1v) is 8.14. The van der Waals surface area contributed by atoms with E-state index in [4.69, 9.17) is 23.2 Å². The van der Waals surface area contributed by atoms with Crippen LogP contribution >= 0.6 is 39.1 Å². The maximum Gasteiger partial charge on any atom is 0.272 e. The summed E-state index contributed by atoms with van der Waals surface area (Å²) in [6.07, 6.45) is 0.647. The van der Waals surface area contributed by atoms with E-state index >= 15 is 0 Å². The lowest BCUT2D eigenvalue weighted by molar-refractivity contribution is 0.0954. The van der Waals surface area contributed by atoms with Crippen LogP contribution in [0.5, 0.6) is 0 Å². The number of halogens is 3. The third-order valence-electron chi connectivity index (χ3n) is 3.00. The Morgan fingerprint density at radius 3 is 2.55 bits per heavy atom. The molecule has 0 heterocycles. The van der Waals surface area contributed by atoms with Gasteiger partial charge in [0, 0.05) is 4.47 Å². The zero-order chi connectivity index (χ0) is 16.1. The van der Waals surface area contributed by atoms with Crippen molar-refractivity contribution in [3.8, 4) is 0 Å². The molecule has 22 heavy (non-hydrogen) atoms. The largest absolute Gasteiger partial charge is 0.272 e. The van der Waals surface area contributed by atoms with Crippen LogP contribution in [0.15, 0.2) is 52.0 Å². The van der Waals surface area contributed by atoms with E-state index in [0.29, 0.717) is 22.0 Å². The molecule has 0 fully saturated rings. The minimum atomic E-state index is -0.279. The number of carbonyl (C=O) groups excluding carboxylic acids is 1. The molecule has 2 aromatic rings. The molecule has 0 aliphatic carbocycles. The second-order valence-corrected chi connectivity index (χ2v) is 6.13. The molecule has 0 saturated heterocycles. The van der Waals surface area contributed by atoms with Crippen LogP contribution in [0.3, 0.4) is 0 Å². The summed E-state index contributed by atoms with van der Waals surface area (Å²) in [5.74, 6) is -0.279. The second kappa shape index (κ2) is 7.77. The van der Waals surface area contributed by atoms with Crippen molar-refractivity contribution >= 4 is 50.8 Å². The molecule has 2 aromatic carbocycles. The van der Waals surface area contributed by atoms with Crippen LogP contribution in [0.2, 0.25) is 10.0 Å². The van der Waals surface area contributed by atoms with Crippen molar-refractivity contribution < 1.29 is 4.79 Å². The Balaban J connectivity index is 2.21. The van der Waals surface area contributed by atoms with Gasteiger partial charge in [-0.3, -0.25) is 4.79 Å². The predicted molar refractivity (Wildman–Crippen MR) is 94.9 cm³/mol. The molecule has 2 rings (SSSR count). The fourth-order valence-electron chi connectivity index (χ4n) is 1.85. The number of benzene rings is 2. The Morgan fingerprint density at radius 2 is 1.91 bits per heavy atom. The predicted octanol–water partition coefficient (Wildman–Crippen LogP) is 5.30. The highest BCUT2D eigenvalue weighted by Gasteiger charge is 2.10. The van der Waals surface area contributed by atoms with Gasteiger partial charge in [0.15, 0.2) is 0 Å². The molecule has 0 bridgehead atoms. The van der Waals surface area contributed by atoms with Gasteiger partial charge in [0.2, 0.25) is 0 Å². The third kappa shape index (κ3) is 4.09. The van der Waals surface area contributed by atoms with E-state index < -0.39 is 0 Å². The van der Waals surface area contributed by atoms with Crippen LogP contribution in [0, 0.1) is 0 Å². The highest BCUT2D eigenvalue weighted by Crippen LogP contribution is 2.23. The summed E-state index contributed by atoms with van der Waals surface area (Å²) in [4.78, 5) is 12.1. The van der Waals surface area contributed by atoms with Crippen molar-refractivity contribution in [3.05, 3.63) is 68.1 Å². The van der Waals surface area contributed by atoms with Gasteiger partial charge >= 0.3 is 0 Å². The number of hydrogen-bond acceptors (Lipinski definition) is 2. The van der Waals surface area contributed by atoms with Gasteiger partial charge in [-0.15, -0.1) is 0 Å². The smallest absolute Gasteiger partial charge is 0.267 e. The molecule has 114 valence electrons. The molecule has 0 radical (unpaired) electrons. The maximum atomic E-state index is 12.1. The minimum absolute atomic E-state index is 0.279. The van der Waals surface area contributed by atoms with E-state index in [0.717, 1.165) is 15.7 Å². The van der Waals surface area contributed by atoms with Crippen LogP contribution in [-0.4, -0.2) is 11.6 Å². The van der Waals surface area contributed by atoms with Gasteiger partial charge in [0.25, 0.3) is 5.91 Å². The zero-order valence-corrected chi connectivity index (χ0v) is 14.8. The van der Waals surface area contributed by atoms with Crippen molar-refractivity contribution in [1.82, 2.24) is 5.43 Å². The van der Waals surface area contributed by atoms with Crippen LogP contribution in [0.25, 0.3) is 0 Å². The standard InChI is InChI=1S/C16H13BrCl2N2O/c1-2-15(10-7-8-13(18)14(19)9-10)20-21-16(22)11-5-3-4-6-12(11)17/h3-9H,2H2,1H3,(H,21,22)/b20-15-. The number of amides is 1. The molecule has 6 heteroatoms. The van der Waals surface area contributed by atoms with Crippen molar-refractivity contribution in [1.29, 1.82) is 0 Å². The molecule has 0 aromatic heterocycles. The molecule has 0 aliphatic rings. The second-order valence-electron chi connectivity index (χ2n) is 4.46. The lowest BCUT2D eigenvalue weighted by Gasteiger charge is -2.07. The fraction of sp³-hybridized carbons (Fsp3) is 0.125. The Kier molecular flexibility index (Phi) is 6.00. The average molecular weight is 400 g/mol. The molecule has 0 saturated carbocycles. The molecule has 0 atom stereocenters. The van der Waals surface area contributed by atoms with Crippen molar-refractivity contribution in [2.75, 3.05) is 0 Å². The highest BCUT2D eigenvalue weighted by molar-refractivity contribution is 9.10. The summed E-state index contributed by atoms with van der Waals surface area (Å²) in [6.45, 7) is 1.95. The van der Waals surface area contributed by atoms with E-state index in [1.54, 1.807) is 30.3 Å². The fourth-order valence-corrected chi connectivity index (χ4v) is 2.61. The Bertz CT molecular complexity index is 732. The zero-order valence-electron chi connectivity index (χ0n) is 11.7. The van der Waals surface area contributed by atoms with Gasteiger partial charge in [-0.1, -0.05) is 48.3 Å². The third-order valence-corrected chi connectivity index (χ3v) is 4.43. The van der Waals surface area contributed by atoms with Crippen molar-refractivity contribution in [2.24, 2.45) is 5.10 Å². The summed E-state index contributed by atoms with van der Waals surface area (Å²) < 4.78 is 0.718. The number of hydrogen-bond donors (Lipinski definition) is 1. The van der Waals surface area contributed by atoms with Crippen LogP contribution in [-0.2, 0) is 0 Å². The van der Waals surface area contributed by atoms with E-state index in [9.17, 15) is 4.79 Å². The molecule has 1 amide bonds. The number of rotatable bonds is 4. The van der Waals surface area contributed by atoms with E-state index in [1.165, 1.54) is 0 Å². The summed E-state index contributed by atoms with van der Waals surface area (Å²) in [5.41, 5.74) is 4.63. The molecule has 3 nitrogen and oxygen atoms in total. The monoisotopic (exact) mass is 398 g/mol. The topological polar surface area (TPSA) is 41.5 Å². The SMILES string of the molecule is CC/C(=N/NC(=O)c1ccccc1Br)c1ccc(Cl)c(Cl)c1. The van der Waals surface area contributed by atoms with Gasteiger partial charge in [0.05, 0.1) is 21.3 Å². The first-order valence-electron chi connectivity index (χ1n) is 6.59.